The number of anilines is 2. The molecule has 1 atom stereocenters. The molecule has 2 heterocycles. The smallest absolute Gasteiger partial charge is 0.260 e. The van der Waals surface area contributed by atoms with Crippen LogP contribution in [-0.4, -0.2) is 41.5 Å². The first-order valence-corrected chi connectivity index (χ1v) is 8.64. The highest BCUT2D eigenvalue weighted by Gasteiger charge is 2.21. The summed E-state index contributed by atoms with van der Waals surface area (Å²) in [6.07, 6.45) is 4.64. The number of carbonyl (C=O) groups is 1. The number of nitrogens with one attached hydrogen (secondary N) is 1. The van der Waals surface area contributed by atoms with Crippen LogP contribution in [0.25, 0.3) is 0 Å². The van der Waals surface area contributed by atoms with E-state index in [1.807, 2.05) is 41.3 Å². The number of pyridine rings is 1. The van der Waals surface area contributed by atoms with E-state index in [-0.39, 0.29) is 12.5 Å². The van der Waals surface area contributed by atoms with Gasteiger partial charge in [0, 0.05) is 19.1 Å². The van der Waals surface area contributed by atoms with E-state index in [1.165, 1.54) is 0 Å². The summed E-state index contributed by atoms with van der Waals surface area (Å²) in [5, 5.41) is 3.48. The molecule has 1 aromatic carbocycles. The van der Waals surface area contributed by atoms with E-state index in [1.54, 1.807) is 12.3 Å². The van der Waals surface area contributed by atoms with Crippen molar-refractivity contribution in [3.05, 3.63) is 48.7 Å². The molecule has 1 aromatic heterocycles. The van der Waals surface area contributed by atoms with Crippen molar-refractivity contribution in [2.24, 2.45) is 0 Å². The van der Waals surface area contributed by atoms with Crippen LogP contribution in [0, 0.1) is 0 Å². The molecule has 3 N–H and O–H groups in total. The van der Waals surface area contributed by atoms with Gasteiger partial charge in [-0.3, -0.25) is 4.79 Å². The molecular formula is C19H24N4O2. The molecule has 0 bridgehead atoms. The van der Waals surface area contributed by atoms with Gasteiger partial charge in [0.05, 0.1) is 11.9 Å². The van der Waals surface area contributed by atoms with Crippen molar-refractivity contribution < 1.29 is 9.53 Å². The van der Waals surface area contributed by atoms with Crippen molar-refractivity contribution in [3.8, 4) is 5.75 Å². The Hall–Kier alpha value is -2.76. The molecule has 6 nitrogen and oxygen atoms in total. The second-order valence-corrected chi connectivity index (χ2v) is 6.23. The Balaban J connectivity index is 1.47. The second-order valence-electron chi connectivity index (χ2n) is 6.23. The summed E-state index contributed by atoms with van der Waals surface area (Å²) in [6.45, 7) is 1.59. The highest BCUT2D eigenvalue weighted by molar-refractivity contribution is 5.77. The fourth-order valence-electron chi connectivity index (χ4n) is 2.97. The number of aromatic nitrogens is 1. The Kier molecular flexibility index (Phi) is 5.72. The molecule has 2 aromatic rings. The van der Waals surface area contributed by atoms with Crippen LogP contribution in [0.2, 0.25) is 0 Å². The molecule has 1 amide bonds. The maximum absolute atomic E-state index is 12.4. The van der Waals surface area contributed by atoms with Crippen molar-refractivity contribution in [3.63, 3.8) is 0 Å². The zero-order valence-corrected chi connectivity index (χ0v) is 14.2. The summed E-state index contributed by atoms with van der Waals surface area (Å²) in [5.74, 6) is 1.28. The lowest BCUT2D eigenvalue weighted by Gasteiger charge is -2.21. The average Bonchev–Trinajstić information content (AvgIpc) is 2.88. The van der Waals surface area contributed by atoms with Crippen molar-refractivity contribution >= 4 is 17.4 Å². The van der Waals surface area contributed by atoms with Crippen LogP contribution in [0.4, 0.5) is 11.5 Å². The number of para-hydroxylation sites is 1. The summed E-state index contributed by atoms with van der Waals surface area (Å²) in [4.78, 5) is 18.4. The highest BCUT2D eigenvalue weighted by Crippen LogP contribution is 2.17. The molecule has 0 aliphatic carbocycles. The van der Waals surface area contributed by atoms with Gasteiger partial charge in [0.15, 0.2) is 6.61 Å². The monoisotopic (exact) mass is 340 g/mol. The van der Waals surface area contributed by atoms with E-state index in [0.717, 1.165) is 43.8 Å². The Labute approximate surface area is 148 Å². The number of hydrogen-bond acceptors (Lipinski definition) is 5. The Morgan fingerprint density at radius 1 is 1.20 bits per heavy atom. The van der Waals surface area contributed by atoms with Gasteiger partial charge in [-0.25, -0.2) is 4.98 Å². The van der Waals surface area contributed by atoms with Crippen molar-refractivity contribution in [1.82, 2.24) is 9.88 Å². The van der Waals surface area contributed by atoms with E-state index < -0.39 is 0 Å². The van der Waals surface area contributed by atoms with Gasteiger partial charge in [0.2, 0.25) is 0 Å². The first-order chi connectivity index (χ1) is 12.2. The zero-order chi connectivity index (χ0) is 17.5. The Morgan fingerprint density at radius 2 is 2.04 bits per heavy atom. The van der Waals surface area contributed by atoms with E-state index >= 15 is 0 Å². The van der Waals surface area contributed by atoms with Gasteiger partial charge in [-0.05, 0) is 43.5 Å². The SMILES string of the molecule is Nc1ccc(N[C@H]2CCCN(C(=O)COc3ccccc3)CC2)cn1. The Bertz CT molecular complexity index is 676. The molecule has 1 aliphatic rings. The largest absolute Gasteiger partial charge is 0.484 e. The predicted molar refractivity (Wildman–Crippen MR) is 98.4 cm³/mol. The number of amides is 1. The van der Waals surface area contributed by atoms with Gasteiger partial charge >= 0.3 is 0 Å². The van der Waals surface area contributed by atoms with Crippen molar-refractivity contribution in [2.45, 2.75) is 25.3 Å². The lowest BCUT2D eigenvalue weighted by molar-refractivity contribution is -0.133. The lowest BCUT2D eigenvalue weighted by Crippen LogP contribution is -2.36. The number of rotatable bonds is 5. The van der Waals surface area contributed by atoms with Gasteiger partial charge in [-0.2, -0.15) is 0 Å². The third kappa shape index (κ3) is 5.11. The normalized spacial score (nSPS) is 17.6. The molecule has 0 radical (unpaired) electrons. The summed E-state index contributed by atoms with van der Waals surface area (Å²) in [7, 11) is 0. The first kappa shape index (κ1) is 17.1. The highest BCUT2D eigenvalue weighted by atomic mass is 16.5. The number of carbonyl (C=O) groups excluding carboxylic acids is 1. The molecule has 1 aliphatic heterocycles. The summed E-state index contributed by atoms with van der Waals surface area (Å²) < 4.78 is 5.57. The van der Waals surface area contributed by atoms with Gasteiger partial charge in [-0.1, -0.05) is 18.2 Å². The minimum atomic E-state index is 0.0404. The molecule has 1 saturated heterocycles. The number of hydrogen-bond donors (Lipinski definition) is 2. The third-order valence-corrected chi connectivity index (χ3v) is 4.34. The minimum Gasteiger partial charge on any atom is -0.484 e. The fraction of sp³-hybridized carbons (Fsp3) is 0.368. The van der Waals surface area contributed by atoms with Gasteiger partial charge in [0.1, 0.15) is 11.6 Å². The van der Waals surface area contributed by atoms with Crippen molar-refractivity contribution in [1.29, 1.82) is 0 Å². The number of likely N-dealkylation sites (tertiary alicyclic amines) is 1. The van der Waals surface area contributed by atoms with Crippen LogP contribution in [0.15, 0.2) is 48.7 Å². The molecule has 1 fully saturated rings. The second kappa shape index (κ2) is 8.37. The van der Waals surface area contributed by atoms with Crippen molar-refractivity contribution in [2.75, 3.05) is 30.7 Å². The standard InChI is InChI=1S/C19H24N4O2/c20-18-9-8-16(13-21-18)22-15-5-4-11-23(12-10-15)19(24)14-25-17-6-2-1-3-7-17/h1-3,6-9,13,15,22H,4-5,10-12,14H2,(H2,20,21)/t15-/m0/s1. The van der Waals surface area contributed by atoms with E-state index in [0.29, 0.717) is 11.9 Å². The van der Waals surface area contributed by atoms with Crippen LogP contribution in [-0.2, 0) is 4.79 Å². The maximum Gasteiger partial charge on any atom is 0.260 e. The van der Waals surface area contributed by atoms with Crippen LogP contribution in [0.1, 0.15) is 19.3 Å². The Morgan fingerprint density at radius 3 is 2.80 bits per heavy atom. The molecule has 0 spiro atoms. The van der Waals surface area contributed by atoms with Gasteiger partial charge in [-0.15, -0.1) is 0 Å². The van der Waals surface area contributed by atoms with Crippen LogP contribution < -0.4 is 15.8 Å². The number of benzene rings is 1. The van der Waals surface area contributed by atoms with Crippen LogP contribution >= 0.6 is 0 Å². The summed E-state index contributed by atoms with van der Waals surface area (Å²) in [6, 6.07) is 13.5. The number of nitrogen functional groups attached to an aromatic ring is 1. The van der Waals surface area contributed by atoms with E-state index in [2.05, 4.69) is 10.3 Å². The van der Waals surface area contributed by atoms with Crippen LogP contribution in [0.3, 0.4) is 0 Å². The molecule has 3 rings (SSSR count). The zero-order valence-electron chi connectivity index (χ0n) is 14.2. The molecule has 25 heavy (non-hydrogen) atoms. The lowest BCUT2D eigenvalue weighted by atomic mass is 10.1. The molecular weight excluding hydrogens is 316 g/mol. The van der Waals surface area contributed by atoms with E-state index in [9.17, 15) is 4.79 Å². The van der Waals surface area contributed by atoms with Gasteiger partial charge in [0.25, 0.3) is 5.91 Å². The molecule has 132 valence electrons. The number of ether oxygens (including phenoxy) is 1. The van der Waals surface area contributed by atoms with Gasteiger partial charge < -0.3 is 20.7 Å². The topological polar surface area (TPSA) is 80.5 Å². The predicted octanol–water partition coefficient (Wildman–Crippen LogP) is 2.54. The minimum absolute atomic E-state index is 0.0404. The van der Waals surface area contributed by atoms with E-state index in [4.69, 9.17) is 10.5 Å². The number of nitrogens with zero attached hydrogens (tertiary/aromatic N) is 2. The third-order valence-electron chi connectivity index (χ3n) is 4.34. The average molecular weight is 340 g/mol. The van der Waals surface area contributed by atoms with Crippen LogP contribution in [0.5, 0.6) is 5.75 Å². The number of nitrogens with two attached hydrogens (primary N) is 1. The quantitative estimate of drug-likeness (QED) is 0.874. The summed E-state index contributed by atoms with van der Waals surface area (Å²) >= 11 is 0. The maximum atomic E-state index is 12.4. The molecule has 6 heteroatoms. The fourth-order valence-corrected chi connectivity index (χ4v) is 2.97. The molecule has 0 saturated carbocycles. The molecule has 0 unspecified atom stereocenters. The summed E-state index contributed by atoms with van der Waals surface area (Å²) in [5.41, 5.74) is 6.58. The first-order valence-electron chi connectivity index (χ1n) is 8.64.